The highest BCUT2D eigenvalue weighted by Crippen LogP contribution is 2.42. The second-order valence-electron chi connectivity index (χ2n) is 6.08. The molecule has 0 saturated heterocycles. The summed E-state index contributed by atoms with van der Waals surface area (Å²) in [7, 11) is 1.67. The minimum absolute atomic E-state index is 0.0732. The highest BCUT2D eigenvalue weighted by Gasteiger charge is 2.24. The summed E-state index contributed by atoms with van der Waals surface area (Å²) in [6, 6.07) is 6.16. The maximum Gasteiger partial charge on any atom is 0.206 e. The van der Waals surface area contributed by atoms with Crippen molar-refractivity contribution in [3.05, 3.63) is 30.0 Å². The Bertz CT molecular complexity index is 867. The van der Waals surface area contributed by atoms with E-state index in [1.54, 1.807) is 7.11 Å². The molecule has 7 nitrogen and oxygen atoms in total. The fourth-order valence-electron chi connectivity index (χ4n) is 3.19. The van der Waals surface area contributed by atoms with Crippen LogP contribution in [0.3, 0.4) is 0 Å². The van der Waals surface area contributed by atoms with Gasteiger partial charge in [-0.25, -0.2) is 0 Å². The van der Waals surface area contributed by atoms with E-state index in [1.165, 1.54) is 5.56 Å². The molecule has 0 unspecified atom stereocenters. The number of fused-ring (bicyclic) bond motifs is 3. The SMILES string of the molecule is COc1cc2c(cc1OC(C)C)-c1c(-c3nn[nH]n3)ccn1CC2. The fourth-order valence-corrected chi connectivity index (χ4v) is 3.19. The van der Waals surface area contributed by atoms with E-state index >= 15 is 0 Å². The van der Waals surface area contributed by atoms with Gasteiger partial charge in [0.25, 0.3) is 0 Å². The standard InChI is InChI=1S/C17H19N5O2/c1-10(2)24-15-9-13-11(8-14(15)23-3)4-6-22-7-5-12(16(13)22)17-18-20-21-19-17/h5,7-10H,4,6H2,1-3H3,(H,18,19,20,21). The van der Waals surface area contributed by atoms with Gasteiger partial charge in [0.15, 0.2) is 11.5 Å². The third kappa shape index (κ3) is 2.33. The summed E-state index contributed by atoms with van der Waals surface area (Å²) < 4.78 is 13.7. The van der Waals surface area contributed by atoms with Gasteiger partial charge in [-0.1, -0.05) is 0 Å². The fraction of sp³-hybridized carbons (Fsp3) is 0.353. The first kappa shape index (κ1) is 14.7. The maximum atomic E-state index is 5.94. The van der Waals surface area contributed by atoms with Crippen LogP contribution in [0.15, 0.2) is 24.4 Å². The zero-order chi connectivity index (χ0) is 16.7. The van der Waals surface area contributed by atoms with Gasteiger partial charge in [-0.3, -0.25) is 0 Å². The van der Waals surface area contributed by atoms with Crippen LogP contribution in [-0.4, -0.2) is 38.4 Å². The molecule has 0 saturated carbocycles. The number of benzene rings is 1. The molecule has 3 heterocycles. The molecule has 0 fully saturated rings. The first-order chi connectivity index (χ1) is 11.7. The van der Waals surface area contributed by atoms with Crippen molar-refractivity contribution in [1.82, 2.24) is 25.2 Å². The van der Waals surface area contributed by atoms with Gasteiger partial charge in [0.1, 0.15) is 0 Å². The molecule has 3 aromatic rings. The van der Waals surface area contributed by atoms with Crippen molar-refractivity contribution in [3.63, 3.8) is 0 Å². The van der Waals surface area contributed by atoms with Crippen molar-refractivity contribution < 1.29 is 9.47 Å². The summed E-state index contributed by atoms with van der Waals surface area (Å²) in [5.74, 6) is 2.11. The Morgan fingerprint density at radius 1 is 1.21 bits per heavy atom. The Balaban J connectivity index is 1.90. The van der Waals surface area contributed by atoms with Crippen molar-refractivity contribution in [1.29, 1.82) is 0 Å². The van der Waals surface area contributed by atoms with Crippen LogP contribution in [0, 0.1) is 0 Å². The number of nitrogens with one attached hydrogen (secondary N) is 1. The quantitative estimate of drug-likeness (QED) is 0.798. The number of hydrogen-bond acceptors (Lipinski definition) is 5. The molecule has 0 amide bonds. The lowest BCUT2D eigenvalue weighted by Gasteiger charge is -2.23. The van der Waals surface area contributed by atoms with Crippen LogP contribution in [-0.2, 0) is 13.0 Å². The molecule has 1 aliphatic heterocycles. The zero-order valence-electron chi connectivity index (χ0n) is 13.9. The lowest BCUT2D eigenvalue weighted by molar-refractivity contribution is 0.230. The van der Waals surface area contributed by atoms with Gasteiger partial charge in [0.05, 0.1) is 18.9 Å². The molecule has 1 aromatic carbocycles. The molecule has 0 atom stereocenters. The van der Waals surface area contributed by atoms with Gasteiger partial charge in [-0.15, -0.1) is 10.2 Å². The predicted molar refractivity (Wildman–Crippen MR) is 89.1 cm³/mol. The van der Waals surface area contributed by atoms with Crippen molar-refractivity contribution >= 4 is 0 Å². The minimum Gasteiger partial charge on any atom is -0.493 e. The number of rotatable bonds is 4. The molecule has 24 heavy (non-hydrogen) atoms. The van der Waals surface area contributed by atoms with Crippen LogP contribution in [0.1, 0.15) is 19.4 Å². The molecule has 2 aromatic heterocycles. The van der Waals surface area contributed by atoms with Crippen LogP contribution in [0.5, 0.6) is 11.5 Å². The van der Waals surface area contributed by atoms with E-state index in [1.807, 2.05) is 19.9 Å². The number of H-pyrrole nitrogens is 1. The lowest BCUT2D eigenvalue weighted by Crippen LogP contribution is -2.12. The van der Waals surface area contributed by atoms with E-state index in [2.05, 4.69) is 43.5 Å². The largest absolute Gasteiger partial charge is 0.493 e. The molecule has 1 aliphatic rings. The Hall–Kier alpha value is -2.83. The molecular formula is C17H19N5O2. The number of nitrogens with zero attached hydrogens (tertiary/aromatic N) is 4. The summed E-state index contributed by atoms with van der Waals surface area (Å²) in [6.45, 7) is 4.92. The molecular weight excluding hydrogens is 306 g/mol. The number of hydrogen-bond donors (Lipinski definition) is 1. The predicted octanol–water partition coefficient (Wildman–Crippen LogP) is 2.69. The molecule has 0 aliphatic carbocycles. The Kier molecular flexibility index (Phi) is 3.48. The average molecular weight is 325 g/mol. The Morgan fingerprint density at radius 3 is 2.79 bits per heavy atom. The maximum absolute atomic E-state index is 5.94. The van der Waals surface area contributed by atoms with Crippen molar-refractivity contribution in [2.24, 2.45) is 0 Å². The molecule has 124 valence electrons. The Morgan fingerprint density at radius 2 is 2.08 bits per heavy atom. The van der Waals surface area contributed by atoms with Crippen LogP contribution in [0.4, 0.5) is 0 Å². The third-order valence-electron chi connectivity index (χ3n) is 4.18. The summed E-state index contributed by atoms with van der Waals surface area (Å²) in [4.78, 5) is 0. The lowest BCUT2D eigenvalue weighted by atomic mass is 9.95. The molecule has 4 rings (SSSR count). The van der Waals surface area contributed by atoms with E-state index in [0.29, 0.717) is 5.82 Å². The topological polar surface area (TPSA) is 77.8 Å². The first-order valence-corrected chi connectivity index (χ1v) is 7.98. The average Bonchev–Trinajstić information content (AvgIpc) is 3.22. The van der Waals surface area contributed by atoms with E-state index in [9.17, 15) is 0 Å². The van der Waals surface area contributed by atoms with Crippen molar-refractivity contribution in [2.45, 2.75) is 32.9 Å². The third-order valence-corrected chi connectivity index (χ3v) is 4.18. The Labute approximate surface area is 139 Å². The van der Waals surface area contributed by atoms with Gasteiger partial charge in [-0.05, 0) is 49.2 Å². The normalized spacial score (nSPS) is 12.8. The summed E-state index contributed by atoms with van der Waals surface area (Å²) in [6.07, 6.45) is 3.09. The smallest absolute Gasteiger partial charge is 0.206 e. The van der Waals surface area contributed by atoms with Crippen LogP contribution < -0.4 is 9.47 Å². The van der Waals surface area contributed by atoms with Crippen LogP contribution >= 0.6 is 0 Å². The highest BCUT2D eigenvalue weighted by molar-refractivity contribution is 5.82. The van der Waals surface area contributed by atoms with Crippen LogP contribution in [0.2, 0.25) is 0 Å². The first-order valence-electron chi connectivity index (χ1n) is 7.98. The van der Waals surface area contributed by atoms with Crippen molar-refractivity contribution in [3.8, 4) is 34.1 Å². The van der Waals surface area contributed by atoms with E-state index < -0.39 is 0 Å². The molecule has 7 heteroatoms. The zero-order valence-corrected chi connectivity index (χ0v) is 13.9. The number of ether oxygens (including phenoxy) is 2. The van der Waals surface area contributed by atoms with E-state index in [0.717, 1.165) is 41.3 Å². The summed E-state index contributed by atoms with van der Waals surface area (Å²) in [5.41, 5.74) is 4.42. The van der Waals surface area contributed by atoms with Gasteiger partial charge < -0.3 is 14.0 Å². The number of tetrazole rings is 1. The summed E-state index contributed by atoms with van der Waals surface area (Å²) in [5, 5.41) is 14.5. The van der Waals surface area contributed by atoms with Gasteiger partial charge in [0.2, 0.25) is 5.82 Å². The van der Waals surface area contributed by atoms with E-state index in [-0.39, 0.29) is 6.10 Å². The number of methoxy groups -OCH3 is 1. The minimum atomic E-state index is 0.0732. The second kappa shape index (κ2) is 5.67. The van der Waals surface area contributed by atoms with Gasteiger partial charge in [0, 0.05) is 23.9 Å². The monoisotopic (exact) mass is 325 g/mol. The summed E-state index contributed by atoms with van der Waals surface area (Å²) >= 11 is 0. The highest BCUT2D eigenvalue weighted by atomic mass is 16.5. The van der Waals surface area contributed by atoms with Crippen molar-refractivity contribution in [2.75, 3.05) is 7.11 Å². The molecule has 0 bridgehead atoms. The molecule has 0 radical (unpaired) electrons. The van der Waals surface area contributed by atoms with Gasteiger partial charge in [-0.2, -0.15) is 5.21 Å². The number of aryl methyl sites for hydroxylation is 2. The number of aromatic nitrogens is 5. The molecule has 1 N–H and O–H groups in total. The van der Waals surface area contributed by atoms with Gasteiger partial charge >= 0.3 is 0 Å². The molecule has 0 spiro atoms. The van der Waals surface area contributed by atoms with E-state index in [4.69, 9.17) is 9.47 Å². The van der Waals surface area contributed by atoms with Crippen LogP contribution in [0.25, 0.3) is 22.6 Å². The second-order valence-corrected chi connectivity index (χ2v) is 6.08. The number of aromatic amines is 1.